The van der Waals surface area contributed by atoms with Crippen molar-refractivity contribution in [3.8, 4) is 17.9 Å². The summed E-state index contributed by atoms with van der Waals surface area (Å²) in [5.41, 5.74) is 1.80. The molecular formula is C15H14N2O2. The van der Waals surface area contributed by atoms with Crippen molar-refractivity contribution >= 4 is 0 Å². The molecule has 0 aliphatic rings. The summed E-state index contributed by atoms with van der Waals surface area (Å²) in [4.78, 5) is 12.2. The normalized spacial score (nSPS) is 9.16. The van der Waals surface area contributed by atoms with E-state index in [0.717, 1.165) is 5.56 Å². The zero-order valence-electron chi connectivity index (χ0n) is 11.4. The van der Waals surface area contributed by atoms with Crippen LogP contribution in [-0.2, 0) is 0 Å². The Morgan fingerprint density at radius 1 is 1.11 bits per heavy atom. The van der Waals surface area contributed by atoms with E-state index in [1.165, 1.54) is 6.92 Å². The van der Waals surface area contributed by atoms with E-state index in [1.54, 1.807) is 32.1 Å². The van der Waals surface area contributed by atoms with Gasteiger partial charge in [-0.2, -0.15) is 10.5 Å². The van der Waals surface area contributed by atoms with E-state index in [1.807, 2.05) is 13.0 Å². The van der Waals surface area contributed by atoms with Crippen molar-refractivity contribution in [2.45, 2.75) is 27.7 Å². The monoisotopic (exact) mass is 254 g/mol. The first-order valence-corrected chi connectivity index (χ1v) is 5.71. The maximum atomic E-state index is 12.2. The number of nitriles is 2. The molecule has 0 bridgehead atoms. The molecule has 0 atom stereocenters. The fourth-order valence-electron chi connectivity index (χ4n) is 1.73. The number of hydrogen-bond donors (Lipinski definition) is 0. The highest BCUT2D eigenvalue weighted by molar-refractivity contribution is 5.42. The molecule has 0 unspecified atom stereocenters. The Morgan fingerprint density at radius 2 is 1.63 bits per heavy atom. The Morgan fingerprint density at radius 3 is 2.16 bits per heavy atom. The molecule has 0 aliphatic heterocycles. The second-order valence-corrected chi connectivity index (χ2v) is 4.31. The number of ether oxygens (including phenoxy) is 1. The maximum Gasteiger partial charge on any atom is 0.224 e. The summed E-state index contributed by atoms with van der Waals surface area (Å²) in [5.74, 6) is 0.291. The molecule has 0 N–H and O–H groups in total. The van der Waals surface area contributed by atoms with E-state index in [2.05, 4.69) is 0 Å². The van der Waals surface area contributed by atoms with Crippen molar-refractivity contribution in [1.29, 1.82) is 10.5 Å². The van der Waals surface area contributed by atoms with Crippen LogP contribution in [0.15, 0.2) is 28.3 Å². The molecule has 19 heavy (non-hydrogen) atoms. The van der Waals surface area contributed by atoms with Crippen molar-refractivity contribution < 1.29 is 4.74 Å². The van der Waals surface area contributed by atoms with Crippen LogP contribution in [0.1, 0.15) is 23.6 Å². The molecule has 1 rings (SSSR count). The molecule has 0 aromatic heterocycles. The number of aryl methyl sites for hydroxylation is 3. The summed E-state index contributed by atoms with van der Waals surface area (Å²) in [6.07, 6.45) is 0. The highest BCUT2D eigenvalue weighted by atomic mass is 16.5. The summed E-state index contributed by atoms with van der Waals surface area (Å²) in [7, 11) is 0. The Hall–Kier alpha value is -2.59. The predicted octanol–water partition coefficient (Wildman–Crippen LogP) is 2.67. The van der Waals surface area contributed by atoms with Crippen LogP contribution in [0.3, 0.4) is 0 Å². The summed E-state index contributed by atoms with van der Waals surface area (Å²) in [5, 5.41) is 17.5. The highest BCUT2D eigenvalue weighted by Crippen LogP contribution is 2.17. The molecular weight excluding hydrogens is 240 g/mol. The summed E-state index contributed by atoms with van der Waals surface area (Å²) < 4.78 is 5.44. The van der Waals surface area contributed by atoms with Crippen LogP contribution in [0.25, 0.3) is 0 Å². The number of rotatable bonds is 2. The zero-order chi connectivity index (χ0) is 14.6. The molecule has 96 valence electrons. The van der Waals surface area contributed by atoms with Crippen LogP contribution in [0.2, 0.25) is 0 Å². The van der Waals surface area contributed by atoms with Gasteiger partial charge in [-0.05, 0) is 33.3 Å². The van der Waals surface area contributed by atoms with Gasteiger partial charge in [0, 0.05) is 5.56 Å². The second kappa shape index (κ2) is 5.84. The second-order valence-electron chi connectivity index (χ2n) is 4.31. The largest absolute Gasteiger partial charge is 0.455 e. The van der Waals surface area contributed by atoms with Crippen molar-refractivity contribution in [2.75, 3.05) is 0 Å². The van der Waals surface area contributed by atoms with Crippen LogP contribution in [0.5, 0.6) is 5.75 Å². The third kappa shape index (κ3) is 3.20. The Kier molecular flexibility index (Phi) is 4.45. The first kappa shape index (κ1) is 14.5. The van der Waals surface area contributed by atoms with Crippen molar-refractivity contribution in [3.05, 3.63) is 50.4 Å². The lowest BCUT2D eigenvalue weighted by atomic mass is 10.2. The van der Waals surface area contributed by atoms with Crippen LogP contribution >= 0.6 is 0 Å². The van der Waals surface area contributed by atoms with Gasteiger partial charge in [0.25, 0.3) is 0 Å². The molecule has 4 heteroatoms. The molecule has 0 saturated heterocycles. The third-order valence-electron chi connectivity index (χ3n) is 2.64. The first-order chi connectivity index (χ1) is 8.90. The third-order valence-corrected chi connectivity index (χ3v) is 2.64. The number of nitrogens with zero attached hydrogens (tertiary/aromatic N) is 2. The van der Waals surface area contributed by atoms with E-state index < -0.39 is 0 Å². The minimum atomic E-state index is -0.236. The molecule has 1 aromatic carbocycles. The van der Waals surface area contributed by atoms with Crippen molar-refractivity contribution in [1.82, 2.24) is 0 Å². The smallest absolute Gasteiger partial charge is 0.224 e. The van der Waals surface area contributed by atoms with Gasteiger partial charge >= 0.3 is 0 Å². The van der Waals surface area contributed by atoms with Gasteiger partial charge in [-0.15, -0.1) is 0 Å². The average Bonchev–Trinajstić information content (AvgIpc) is 2.43. The minimum Gasteiger partial charge on any atom is -0.455 e. The highest BCUT2D eigenvalue weighted by Gasteiger charge is 2.10. The van der Waals surface area contributed by atoms with Crippen LogP contribution in [0.4, 0.5) is 0 Å². The summed E-state index contributed by atoms with van der Waals surface area (Å²) in [6, 6.07) is 7.08. The van der Waals surface area contributed by atoms with Gasteiger partial charge in [-0.1, -0.05) is 17.7 Å². The molecule has 0 fully saturated rings. The predicted molar refractivity (Wildman–Crippen MR) is 71.5 cm³/mol. The topological polar surface area (TPSA) is 73.9 Å². The minimum absolute atomic E-state index is 0.133. The van der Waals surface area contributed by atoms with Crippen molar-refractivity contribution in [2.24, 2.45) is 0 Å². The lowest BCUT2D eigenvalue weighted by molar-refractivity contribution is 0.418. The SMILES string of the molecule is CC(Oc1c(C)cc(C)cc(C)c1=O)=C(C#N)C#N. The summed E-state index contributed by atoms with van der Waals surface area (Å²) >= 11 is 0. The Balaban J connectivity index is 3.49. The summed E-state index contributed by atoms with van der Waals surface area (Å²) in [6.45, 7) is 6.85. The average molecular weight is 254 g/mol. The van der Waals surface area contributed by atoms with E-state index in [0.29, 0.717) is 11.1 Å². The van der Waals surface area contributed by atoms with E-state index in [4.69, 9.17) is 15.3 Å². The van der Waals surface area contributed by atoms with Gasteiger partial charge in [0.15, 0.2) is 11.3 Å². The lowest BCUT2D eigenvalue weighted by Crippen LogP contribution is -2.09. The number of allylic oxidation sites excluding steroid dienone is 2. The van der Waals surface area contributed by atoms with Gasteiger partial charge in [0.2, 0.25) is 5.43 Å². The van der Waals surface area contributed by atoms with Gasteiger partial charge < -0.3 is 4.74 Å². The lowest BCUT2D eigenvalue weighted by Gasteiger charge is -2.05. The van der Waals surface area contributed by atoms with Crippen LogP contribution in [0, 0.1) is 43.4 Å². The molecule has 0 saturated carbocycles. The van der Waals surface area contributed by atoms with Crippen LogP contribution < -0.4 is 10.2 Å². The quantitative estimate of drug-likeness (QED) is 0.600. The van der Waals surface area contributed by atoms with Gasteiger partial charge in [0.05, 0.1) is 0 Å². The van der Waals surface area contributed by atoms with E-state index in [9.17, 15) is 4.79 Å². The first-order valence-electron chi connectivity index (χ1n) is 5.71. The Labute approximate surface area is 112 Å². The van der Waals surface area contributed by atoms with E-state index in [-0.39, 0.29) is 22.5 Å². The number of hydrogen-bond acceptors (Lipinski definition) is 4. The molecule has 0 spiro atoms. The molecule has 0 amide bonds. The molecule has 4 nitrogen and oxygen atoms in total. The van der Waals surface area contributed by atoms with E-state index >= 15 is 0 Å². The van der Waals surface area contributed by atoms with Crippen molar-refractivity contribution in [3.63, 3.8) is 0 Å². The molecule has 0 aliphatic carbocycles. The van der Waals surface area contributed by atoms with Gasteiger partial charge in [-0.25, -0.2) is 0 Å². The zero-order valence-corrected chi connectivity index (χ0v) is 11.4. The standard InChI is InChI=1S/C15H14N2O2/c1-9-5-10(2)14(18)15(11(3)6-9)19-12(4)13(7-16)8-17/h5-6H,1-4H3. The van der Waals surface area contributed by atoms with Gasteiger partial charge in [0.1, 0.15) is 17.9 Å². The fraction of sp³-hybridized carbons (Fsp3) is 0.267. The van der Waals surface area contributed by atoms with Crippen LogP contribution in [-0.4, -0.2) is 0 Å². The Bertz CT molecular complexity index is 673. The molecule has 0 radical (unpaired) electrons. The maximum absolute atomic E-state index is 12.2. The van der Waals surface area contributed by atoms with Gasteiger partial charge in [-0.3, -0.25) is 4.79 Å². The fourth-order valence-corrected chi connectivity index (χ4v) is 1.73. The molecule has 0 heterocycles. The molecule has 1 aromatic rings.